The second kappa shape index (κ2) is 11.8. The lowest BCUT2D eigenvalue weighted by atomic mass is 9.98. The molecule has 4 aromatic carbocycles. The standard InChI is InChI=1S/C34H28F3N3O2/c1-22-7-11-24(12-8-22)25-13-9-23(10-14-25)20-38-33(42)31-19-28(21-40(31)2)39-32(41)30-6-4-3-5-29(30)26-15-17-27(18-16-26)34(35,36)37/h3-19,21H,20H2,1-2H3,(H,38,42)(H,39,41). The number of anilines is 1. The van der Waals surface area contributed by atoms with Crippen molar-refractivity contribution in [1.29, 1.82) is 0 Å². The number of hydrogen-bond donors (Lipinski definition) is 2. The van der Waals surface area contributed by atoms with Gasteiger partial charge in [-0.05, 0) is 59.0 Å². The van der Waals surface area contributed by atoms with Gasteiger partial charge >= 0.3 is 6.18 Å². The van der Waals surface area contributed by atoms with Gasteiger partial charge in [0.25, 0.3) is 11.8 Å². The number of carbonyl (C=O) groups is 2. The maximum atomic E-state index is 13.2. The molecule has 0 aliphatic heterocycles. The summed E-state index contributed by atoms with van der Waals surface area (Å²) in [5.41, 5.74) is 5.63. The van der Waals surface area contributed by atoms with Gasteiger partial charge in [0.2, 0.25) is 0 Å². The van der Waals surface area contributed by atoms with E-state index in [1.165, 1.54) is 17.7 Å². The predicted molar refractivity (Wildman–Crippen MR) is 158 cm³/mol. The lowest BCUT2D eigenvalue weighted by Crippen LogP contribution is -2.24. The number of aromatic nitrogens is 1. The first kappa shape index (κ1) is 28.4. The van der Waals surface area contributed by atoms with Gasteiger partial charge in [-0.2, -0.15) is 13.2 Å². The lowest BCUT2D eigenvalue weighted by Gasteiger charge is -2.11. The van der Waals surface area contributed by atoms with E-state index in [9.17, 15) is 22.8 Å². The van der Waals surface area contributed by atoms with Crippen molar-refractivity contribution in [3.8, 4) is 22.3 Å². The normalized spacial score (nSPS) is 11.3. The van der Waals surface area contributed by atoms with Crippen LogP contribution in [0.4, 0.5) is 18.9 Å². The zero-order chi connectivity index (χ0) is 29.9. The fourth-order valence-corrected chi connectivity index (χ4v) is 4.66. The number of carbonyl (C=O) groups excluding carboxylic acids is 2. The Kier molecular flexibility index (Phi) is 7.97. The summed E-state index contributed by atoms with van der Waals surface area (Å²) >= 11 is 0. The SMILES string of the molecule is Cc1ccc(-c2ccc(CNC(=O)c3cc(NC(=O)c4ccccc4-c4ccc(C(F)(F)F)cc4)cn3C)cc2)cc1. The Hall–Kier alpha value is -5.11. The van der Waals surface area contributed by atoms with E-state index >= 15 is 0 Å². The maximum absolute atomic E-state index is 13.2. The van der Waals surface area contributed by atoms with Crippen LogP contribution in [0, 0.1) is 6.92 Å². The van der Waals surface area contributed by atoms with Gasteiger partial charge in [0.15, 0.2) is 0 Å². The number of nitrogens with one attached hydrogen (secondary N) is 2. The maximum Gasteiger partial charge on any atom is 0.416 e. The van der Waals surface area contributed by atoms with Crippen LogP contribution in [0.3, 0.4) is 0 Å². The van der Waals surface area contributed by atoms with Crippen molar-refractivity contribution in [3.63, 3.8) is 0 Å². The molecule has 0 fully saturated rings. The van der Waals surface area contributed by atoms with Crippen LogP contribution >= 0.6 is 0 Å². The second-order valence-electron chi connectivity index (χ2n) is 10.0. The fraction of sp³-hybridized carbons (Fsp3) is 0.118. The van der Waals surface area contributed by atoms with Crippen LogP contribution in [0.15, 0.2) is 109 Å². The first-order valence-electron chi connectivity index (χ1n) is 13.3. The average Bonchev–Trinajstić information content (AvgIpc) is 3.36. The van der Waals surface area contributed by atoms with Crippen molar-refractivity contribution in [2.75, 3.05) is 5.32 Å². The largest absolute Gasteiger partial charge is 0.416 e. The van der Waals surface area contributed by atoms with Crippen molar-refractivity contribution in [1.82, 2.24) is 9.88 Å². The summed E-state index contributed by atoms with van der Waals surface area (Å²) in [6.07, 6.45) is -2.82. The molecule has 0 spiro atoms. The molecular weight excluding hydrogens is 539 g/mol. The summed E-state index contributed by atoms with van der Waals surface area (Å²) in [6, 6.07) is 29.2. The van der Waals surface area contributed by atoms with E-state index in [0.29, 0.717) is 34.6 Å². The number of halogens is 3. The van der Waals surface area contributed by atoms with Crippen molar-refractivity contribution < 1.29 is 22.8 Å². The second-order valence-corrected chi connectivity index (χ2v) is 10.0. The molecule has 0 radical (unpaired) electrons. The lowest BCUT2D eigenvalue weighted by molar-refractivity contribution is -0.137. The number of amides is 2. The molecule has 0 aliphatic rings. The molecule has 0 saturated carbocycles. The topological polar surface area (TPSA) is 63.1 Å². The molecule has 42 heavy (non-hydrogen) atoms. The Morgan fingerprint density at radius 3 is 2.00 bits per heavy atom. The van der Waals surface area contributed by atoms with Gasteiger partial charge in [0, 0.05) is 25.4 Å². The van der Waals surface area contributed by atoms with Gasteiger partial charge in [0.1, 0.15) is 5.69 Å². The summed E-state index contributed by atoms with van der Waals surface area (Å²) < 4.78 is 40.6. The third-order valence-corrected chi connectivity index (χ3v) is 6.98. The van der Waals surface area contributed by atoms with Gasteiger partial charge < -0.3 is 15.2 Å². The molecule has 2 N–H and O–H groups in total. The minimum Gasteiger partial charge on any atom is -0.347 e. The van der Waals surface area contributed by atoms with Crippen LogP contribution in [0.1, 0.15) is 37.5 Å². The number of hydrogen-bond acceptors (Lipinski definition) is 2. The van der Waals surface area contributed by atoms with E-state index in [2.05, 4.69) is 34.9 Å². The molecule has 0 saturated heterocycles. The van der Waals surface area contributed by atoms with Gasteiger partial charge in [-0.3, -0.25) is 9.59 Å². The van der Waals surface area contributed by atoms with E-state index in [1.54, 1.807) is 48.1 Å². The summed E-state index contributed by atoms with van der Waals surface area (Å²) in [4.78, 5) is 26.1. The number of aryl methyl sites for hydroxylation is 2. The minimum atomic E-state index is -4.45. The van der Waals surface area contributed by atoms with Gasteiger partial charge in [-0.1, -0.05) is 84.4 Å². The Labute approximate surface area is 241 Å². The average molecular weight is 568 g/mol. The molecule has 1 aromatic heterocycles. The van der Waals surface area contributed by atoms with Gasteiger partial charge in [0.05, 0.1) is 11.3 Å². The Balaban J connectivity index is 1.24. The Morgan fingerprint density at radius 2 is 1.36 bits per heavy atom. The van der Waals surface area contributed by atoms with Crippen LogP contribution in [0.25, 0.3) is 22.3 Å². The Bertz CT molecular complexity index is 1720. The molecule has 0 atom stereocenters. The van der Waals surface area contributed by atoms with Crippen LogP contribution in [0.2, 0.25) is 0 Å². The molecule has 5 nitrogen and oxygen atoms in total. The summed E-state index contributed by atoms with van der Waals surface area (Å²) in [5, 5.41) is 5.71. The number of nitrogens with zero attached hydrogens (tertiary/aromatic N) is 1. The predicted octanol–water partition coefficient (Wildman–Crippen LogP) is 7.87. The molecular formula is C34H28F3N3O2. The molecule has 0 unspecified atom stereocenters. The monoisotopic (exact) mass is 567 g/mol. The number of benzene rings is 4. The van der Waals surface area contributed by atoms with Crippen LogP contribution in [-0.4, -0.2) is 16.4 Å². The molecule has 8 heteroatoms. The van der Waals surface area contributed by atoms with Gasteiger partial charge in [-0.25, -0.2) is 0 Å². The molecule has 0 bridgehead atoms. The smallest absolute Gasteiger partial charge is 0.347 e. The highest BCUT2D eigenvalue weighted by atomic mass is 19.4. The third kappa shape index (κ3) is 6.44. The van der Waals surface area contributed by atoms with E-state index in [-0.39, 0.29) is 5.91 Å². The highest BCUT2D eigenvalue weighted by molar-refractivity contribution is 6.09. The van der Waals surface area contributed by atoms with Crippen molar-refractivity contribution in [2.24, 2.45) is 7.05 Å². The van der Waals surface area contributed by atoms with Gasteiger partial charge in [-0.15, -0.1) is 0 Å². The van der Waals surface area contributed by atoms with Crippen molar-refractivity contribution in [2.45, 2.75) is 19.6 Å². The number of alkyl halides is 3. The molecule has 0 aliphatic carbocycles. The molecule has 2 amide bonds. The first-order valence-corrected chi connectivity index (χ1v) is 13.3. The quantitative estimate of drug-likeness (QED) is 0.210. The molecule has 5 rings (SSSR count). The van der Waals surface area contributed by atoms with E-state index in [1.807, 2.05) is 31.2 Å². The highest BCUT2D eigenvalue weighted by Crippen LogP contribution is 2.32. The minimum absolute atomic E-state index is 0.293. The first-order chi connectivity index (χ1) is 20.1. The Morgan fingerprint density at radius 1 is 0.762 bits per heavy atom. The van der Waals surface area contributed by atoms with Crippen molar-refractivity contribution >= 4 is 17.5 Å². The summed E-state index contributed by atoms with van der Waals surface area (Å²) in [7, 11) is 1.71. The summed E-state index contributed by atoms with van der Waals surface area (Å²) in [6.45, 7) is 2.38. The van der Waals surface area contributed by atoms with E-state index < -0.39 is 17.6 Å². The highest BCUT2D eigenvalue weighted by Gasteiger charge is 2.30. The molecule has 1 heterocycles. The fourth-order valence-electron chi connectivity index (χ4n) is 4.66. The van der Waals surface area contributed by atoms with E-state index in [0.717, 1.165) is 28.8 Å². The van der Waals surface area contributed by atoms with Crippen LogP contribution in [0.5, 0.6) is 0 Å². The zero-order valence-electron chi connectivity index (χ0n) is 23.0. The van der Waals surface area contributed by atoms with Crippen molar-refractivity contribution in [3.05, 3.63) is 137 Å². The molecule has 5 aromatic rings. The third-order valence-electron chi connectivity index (χ3n) is 6.98. The zero-order valence-corrected chi connectivity index (χ0v) is 23.0. The number of rotatable bonds is 7. The van der Waals surface area contributed by atoms with E-state index in [4.69, 9.17) is 0 Å². The summed E-state index contributed by atoms with van der Waals surface area (Å²) in [5.74, 6) is -0.748. The van der Waals surface area contributed by atoms with Crippen LogP contribution in [-0.2, 0) is 19.8 Å². The molecule has 212 valence electrons. The van der Waals surface area contributed by atoms with Crippen LogP contribution < -0.4 is 10.6 Å².